The molecule has 2 rings (SSSR count). The molecule has 2 N–H and O–H groups in total. The van der Waals surface area contributed by atoms with Gasteiger partial charge in [-0.2, -0.15) is 0 Å². The monoisotopic (exact) mass is 451 g/mol. The molecular weight excluding hydrogens is 425 g/mol. The second-order valence-corrected chi connectivity index (χ2v) is 6.37. The number of aromatic nitrogens is 2. The fourth-order valence-electron chi connectivity index (χ4n) is 1.96. The van der Waals surface area contributed by atoms with Gasteiger partial charge in [-0.25, -0.2) is 4.98 Å². The average molecular weight is 451 g/mol. The third-order valence-corrected chi connectivity index (χ3v) is 3.78. The van der Waals surface area contributed by atoms with E-state index in [1.807, 2.05) is 22.2 Å². The van der Waals surface area contributed by atoms with Gasteiger partial charge in [-0.05, 0) is 12.3 Å². The van der Waals surface area contributed by atoms with Crippen molar-refractivity contribution in [1.82, 2.24) is 20.0 Å². The molecule has 0 saturated heterocycles. The van der Waals surface area contributed by atoms with E-state index in [4.69, 9.17) is 4.74 Å². The summed E-state index contributed by atoms with van der Waals surface area (Å²) in [4.78, 5) is 9.76. The second kappa shape index (κ2) is 10.8. The molecule has 2 aromatic rings. The predicted octanol–water partition coefficient (Wildman–Crippen LogP) is 2.74. The van der Waals surface area contributed by atoms with Gasteiger partial charge >= 0.3 is 0 Å². The van der Waals surface area contributed by atoms with Gasteiger partial charge in [-0.1, -0.05) is 13.8 Å². The van der Waals surface area contributed by atoms with E-state index >= 15 is 0 Å². The third-order valence-electron chi connectivity index (χ3n) is 3.01. The summed E-state index contributed by atoms with van der Waals surface area (Å²) in [6.07, 6.45) is 5.01. The molecule has 0 amide bonds. The number of nitrogens with one attached hydrogen (secondary N) is 2. The van der Waals surface area contributed by atoms with E-state index in [1.165, 1.54) is 0 Å². The van der Waals surface area contributed by atoms with Gasteiger partial charge in [0, 0.05) is 44.6 Å². The van der Waals surface area contributed by atoms with Crippen molar-refractivity contribution in [2.24, 2.45) is 10.9 Å². The van der Waals surface area contributed by atoms with Crippen LogP contribution in [0.1, 0.15) is 26.0 Å². The molecule has 23 heavy (non-hydrogen) atoms. The normalized spacial score (nSPS) is 11.7. The van der Waals surface area contributed by atoms with Gasteiger partial charge in [0.25, 0.3) is 0 Å². The van der Waals surface area contributed by atoms with Crippen molar-refractivity contribution < 1.29 is 4.74 Å². The fraction of sp³-hybridized carbons (Fsp3) is 0.600. The number of hydrogen-bond donors (Lipinski definition) is 2. The molecule has 0 spiro atoms. The molecule has 8 heteroatoms. The first-order valence-electron chi connectivity index (χ1n) is 7.62. The smallest absolute Gasteiger partial charge is 0.193 e. The molecule has 0 atom stereocenters. The summed E-state index contributed by atoms with van der Waals surface area (Å²) in [6.45, 7) is 7.42. The summed E-state index contributed by atoms with van der Waals surface area (Å²) in [5.41, 5.74) is 1.01. The summed E-state index contributed by atoms with van der Waals surface area (Å²) in [7, 11) is 1.77. The summed E-state index contributed by atoms with van der Waals surface area (Å²) in [5, 5.41) is 8.58. The van der Waals surface area contributed by atoms with E-state index in [0.29, 0.717) is 12.5 Å². The molecule has 0 radical (unpaired) electrons. The molecule has 6 nitrogen and oxygen atoms in total. The Morgan fingerprint density at radius 1 is 1.43 bits per heavy atom. The van der Waals surface area contributed by atoms with Crippen molar-refractivity contribution >= 4 is 46.2 Å². The number of halogens is 1. The van der Waals surface area contributed by atoms with Crippen LogP contribution in [0.25, 0.3) is 4.96 Å². The third kappa shape index (κ3) is 7.05. The lowest BCUT2D eigenvalue weighted by atomic mass is 10.2. The van der Waals surface area contributed by atoms with Gasteiger partial charge in [0.2, 0.25) is 0 Å². The van der Waals surface area contributed by atoms with Crippen molar-refractivity contribution in [2.75, 3.05) is 26.8 Å². The van der Waals surface area contributed by atoms with Crippen LogP contribution in [-0.4, -0.2) is 42.2 Å². The van der Waals surface area contributed by atoms with Gasteiger partial charge in [0.1, 0.15) is 0 Å². The predicted molar refractivity (Wildman–Crippen MR) is 107 cm³/mol. The number of guanidine groups is 1. The van der Waals surface area contributed by atoms with Crippen molar-refractivity contribution in [1.29, 1.82) is 0 Å². The highest BCUT2D eigenvalue weighted by Crippen LogP contribution is 2.10. The number of fused-ring (bicyclic) bond motifs is 1. The summed E-state index contributed by atoms with van der Waals surface area (Å²) >= 11 is 1.64. The Morgan fingerprint density at radius 2 is 2.26 bits per heavy atom. The first-order valence-corrected chi connectivity index (χ1v) is 8.50. The molecule has 2 heterocycles. The summed E-state index contributed by atoms with van der Waals surface area (Å²) < 4.78 is 7.58. The minimum Gasteiger partial charge on any atom is -0.381 e. The highest BCUT2D eigenvalue weighted by molar-refractivity contribution is 14.0. The Bertz CT molecular complexity index is 567. The zero-order chi connectivity index (χ0) is 15.8. The molecule has 0 aliphatic heterocycles. The van der Waals surface area contributed by atoms with Crippen LogP contribution in [0.3, 0.4) is 0 Å². The van der Waals surface area contributed by atoms with Crippen LogP contribution in [0.2, 0.25) is 0 Å². The average Bonchev–Trinajstić information content (AvgIpc) is 3.06. The maximum absolute atomic E-state index is 5.55. The number of thiazole rings is 1. The highest BCUT2D eigenvalue weighted by Gasteiger charge is 2.03. The molecule has 0 aromatic carbocycles. The molecular formula is C15H26IN5OS. The van der Waals surface area contributed by atoms with Crippen LogP contribution in [0, 0.1) is 5.92 Å². The Balaban J connectivity index is 0.00000264. The molecule has 0 bridgehead atoms. The van der Waals surface area contributed by atoms with Crippen LogP contribution in [0.15, 0.2) is 22.8 Å². The minimum atomic E-state index is 0. The van der Waals surface area contributed by atoms with Crippen LogP contribution < -0.4 is 10.6 Å². The van der Waals surface area contributed by atoms with Crippen molar-refractivity contribution in [3.8, 4) is 0 Å². The van der Waals surface area contributed by atoms with Crippen LogP contribution >= 0.6 is 35.3 Å². The topological polar surface area (TPSA) is 63.0 Å². The Kier molecular flexibility index (Phi) is 9.49. The number of imidazole rings is 1. The SMILES string of the molecule is CN=C(NCCCOCC(C)C)NCc1cn2ccsc2n1.I. The number of rotatable bonds is 8. The summed E-state index contributed by atoms with van der Waals surface area (Å²) in [6, 6.07) is 0. The maximum Gasteiger partial charge on any atom is 0.193 e. The van der Waals surface area contributed by atoms with Crippen LogP contribution in [0.5, 0.6) is 0 Å². The van der Waals surface area contributed by atoms with Crippen LogP contribution in [0.4, 0.5) is 0 Å². The maximum atomic E-state index is 5.55. The molecule has 130 valence electrons. The van der Waals surface area contributed by atoms with E-state index in [0.717, 1.165) is 42.8 Å². The standard InChI is InChI=1S/C15H25N5OS.HI/c1-12(2)11-21-7-4-5-17-14(16-3)18-9-13-10-20-6-8-22-15(20)19-13;/h6,8,10,12H,4-5,7,9,11H2,1-3H3,(H2,16,17,18);1H. The number of nitrogens with zero attached hydrogens (tertiary/aromatic N) is 3. The van der Waals surface area contributed by atoms with E-state index in [9.17, 15) is 0 Å². The Hall–Kier alpha value is -0.870. The lowest BCUT2D eigenvalue weighted by molar-refractivity contribution is 0.108. The number of ether oxygens (including phenoxy) is 1. The first-order chi connectivity index (χ1) is 10.7. The van der Waals surface area contributed by atoms with Crippen molar-refractivity contribution in [3.63, 3.8) is 0 Å². The second-order valence-electron chi connectivity index (χ2n) is 5.50. The molecule has 0 fully saturated rings. The zero-order valence-corrected chi connectivity index (χ0v) is 17.1. The lowest BCUT2D eigenvalue weighted by Crippen LogP contribution is -2.37. The quantitative estimate of drug-likeness (QED) is 0.281. The molecule has 0 aliphatic rings. The minimum absolute atomic E-state index is 0. The van der Waals surface area contributed by atoms with Crippen LogP contribution in [-0.2, 0) is 11.3 Å². The number of hydrogen-bond acceptors (Lipinski definition) is 4. The molecule has 0 unspecified atom stereocenters. The molecule has 0 aliphatic carbocycles. The van der Waals surface area contributed by atoms with Gasteiger partial charge < -0.3 is 15.4 Å². The van der Waals surface area contributed by atoms with Gasteiger partial charge in [-0.15, -0.1) is 35.3 Å². The Morgan fingerprint density at radius 3 is 2.96 bits per heavy atom. The fourth-order valence-corrected chi connectivity index (χ4v) is 2.68. The summed E-state index contributed by atoms with van der Waals surface area (Å²) in [5.74, 6) is 1.38. The molecule has 2 aromatic heterocycles. The van der Waals surface area contributed by atoms with Crippen molar-refractivity contribution in [3.05, 3.63) is 23.5 Å². The van der Waals surface area contributed by atoms with E-state index in [-0.39, 0.29) is 24.0 Å². The van der Waals surface area contributed by atoms with E-state index < -0.39 is 0 Å². The van der Waals surface area contributed by atoms with Crippen molar-refractivity contribution in [2.45, 2.75) is 26.8 Å². The van der Waals surface area contributed by atoms with E-state index in [1.54, 1.807) is 18.4 Å². The lowest BCUT2D eigenvalue weighted by Gasteiger charge is -2.11. The number of aliphatic imine (C=N–C) groups is 1. The van der Waals surface area contributed by atoms with E-state index in [2.05, 4.69) is 34.5 Å². The zero-order valence-electron chi connectivity index (χ0n) is 13.9. The largest absolute Gasteiger partial charge is 0.381 e. The van der Waals surface area contributed by atoms with Gasteiger partial charge in [0.05, 0.1) is 12.2 Å². The Labute approximate surface area is 158 Å². The first kappa shape index (κ1) is 20.2. The highest BCUT2D eigenvalue weighted by atomic mass is 127. The molecule has 0 saturated carbocycles. The van der Waals surface area contributed by atoms with Gasteiger partial charge in [-0.3, -0.25) is 9.39 Å². The van der Waals surface area contributed by atoms with Gasteiger partial charge in [0.15, 0.2) is 10.9 Å².